The minimum atomic E-state index is 0.262. The number of nitrogens with two attached hydrogens (primary N) is 1. The van der Waals surface area contributed by atoms with E-state index in [1.165, 1.54) is 5.56 Å². The van der Waals surface area contributed by atoms with Crippen molar-refractivity contribution >= 4 is 5.82 Å². The van der Waals surface area contributed by atoms with Gasteiger partial charge in [-0.05, 0) is 44.9 Å². The Morgan fingerprint density at radius 2 is 1.84 bits per heavy atom. The number of aromatic nitrogens is 1. The average Bonchev–Trinajstić information content (AvgIpc) is 2.37. The summed E-state index contributed by atoms with van der Waals surface area (Å²) in [5.74, 6) is 1.12. The first kappa shape index (κ1) is 14.3. The number of nitrogens with zero attached hydrogens (tertiary/aromatic N) is 3. The molecule has 1 aliphatic heterocycles. The molecule has 2 rings (SSSR count). The van der Waals surface area contributed by atoms with E-state index < -0.39 is 0 Å². The second kappa shape index (κ2) is 5.47. The molecule has 1 aromatic heterocycles. The third kappa shape index (κ3) is 3.25. The van der Waals surface area contributed by atoms with Gasteiger partial charge in [0.25, 0.3) is 0 Å². The van der Waals surface area contributed by atoms with Crippen LogP contribution < -0.4 is 10.6 Å². The summed E-state index contributed by atoms with van der Waals surface area (Å²) in [5.41, 5.74) is 8.25. The van der Waals surface area contributed by atoms with Gasteiger partial charge in [0.05, 0.1) is 0 Å². The summed E-state index contributed by atoms with van der Waals surface area (Å²) >= 11 is 0. The van der Waals surface area contributed by atoms with Gasteiger partial charge in [-0.3, -0.25) is 4.90 Å². The molecule has 2 heterocycles. The highest BCUT2D eigenvalue weighted by molar-refractivity contribution is 5.47. The van der Waals surface area contributed by atoms with Gasteiger partial charge in [-0.2, -0.15) is 0 Å². The van der Waals surface area contributed by atoms with Crippen molar-refractivity contribution in [1.82, 2.24) is 9.88 Å². The van der Waals surface area contributed by atoms with Gasteiger partial charge in [0.1, 0.15) is 5.82 Å². The second-order valence-corrected chi connectivity index (χ2v) is 6.33. The minimum absolute atomic E-state index is 0.262. The van der Waals surface area contributed by atoms with Gasteiger partial charge >= 0.3 is 0 Å². The van der Waals surface area contributed by atoms with Gasteiger partial charge in [-0.25, -0.2) is 4.98 Å². The van der Waals surface area contributed by atoms with Crippen LogP contribution >= 0.6 is 0 Å². The van der Waals surface area contributed by atoms with E-state index in [4.69, 9.17) is 5.73 Å². The first-order valence-corrected chi connectivity index (χ1v) is 7.07. The Labute approximate surface area is 116 Å². The third-order valence-corrected chi connectivity index (χ3v) is 3.87. The van der Waals surface area contributed by atoms with Crippen molar-refractivity contribution in [3.63, 3.8) is 0 Å². The van der Waals surface area contributed by atoms with Crippen LogP contribution in [-0.2, 0) is 6.54 Å². The van der Waals surface area contributed by atoms with Crippen LogP contribution in [0.3, 0.4) is 0 Å². The van der Waals surface area contributed by atoms with Crippen molar-refractivity contribution in [1.29, 1.82) is 0 Å². The molecule has 1 aliphatic rings. The molecule has 2 N–H and O–H groups in total. The fourth-order valence-electron chi connectivity index (χ4n) is 2.66. The number of rotatable bonds is 2. The third-order valence-electron chi connectivity index (χ3n) is 3.87. The van der Waals surface area contributed by atoms with Crippen molar-refractivity contribution in [2.75, 3.05) is 31.1 Å². The zero-order valence-electron chi connectivity index (χ0n) is 12.6. The molecule has 0 atom stereocenters. The SMILES string of the molecule is Cc1cc(CN)cnc1N1CCN(C(C)(C)C)CC1. The number of hydrogen-bond acceptors (Lipinski definition) is 4. The van der Waals surface area contributed by atoms with Gasteiger partial charge in [0.2, 0.25) is 0 Å². The topological polar surface area (TPSA) is 45.4 Å². The molecule has 4 heteroatoms. The van der Waals surface area contributed by atoms with Crippen molar-refractivity contribution in [2.24, 2.45) is 5.73 Å². The molecule has 0 bridgehead atoms. The van der Waals surface area contributed by atoms with Crippen molar-refractivity contribution < 1.29 is 0 Å². The first-order chi connectivity index (χ1) is 8.91. The Bertz CT molecular complexity index is 428. The first-order valence-electron chi connectivity index (χ1n) is 7.07. The van der Waals surface area contributed by atoms with E-state index in [1.807, 2.05) is 6.20 Å². The van der Waals surface area contributed by atoms with Crippen LogP contribution in [0.1, 0.15) is 31.9 Å². The highest BCUT2D eigenvalue weighted by atomic mass is 15.3. The smallest absolute Gasteiger partial charge is 0.131 e. The summed E-state index contributed by atoms with van der Waals surface area (Å²) in [6.07, 6.45) is 1.90. The molecule has 0 aromatic carbocycles. The highest BCUT2D eigenvalue weighted by Gasteiger charge is 2.26. The number of pyridine rings is 1. The molecule has 1 saturated heterocycles. The van der Waals surface area contributed by atoms with E-state index in [2.05, 4.69) is 48.5 Å². The predicted molar refractivity (Wildman–Crippen MR) is 80.4 cm³/mol. The summed E-state index contributed by atoms with van der Waals surface area (Å²) in [5, 5.41) is 0. The zero-order chi connectivity index (χ0) is 14.0. The molecule has 0 aliphatic carbocycles. The highest BCUT2D eigenvalue weighted by Crippen LogP contribution is 2.22. The monoisotopic (exact) mass is 262 g/mol. The Kier molecular flexibility index (Phi) is 4.11. The normalized spacial score (nSPS) is 17.8. The predicted octanol–water partition coefficient (Wildman–Crippen LogP) is 1.77. The van der Waals surface area contributed by atoms with Crippen LogP contribution in [0.4, 0.5) is 5.82 Å². The van der Waals surface area contributed by atoms with E-state index >= 15 is 0 Å². The lowest BCUT2D eigenvalue weighted by Gasteiger charge is -2.42. The molecule has 1 aromatic rings. The molecular weight excluding hydrogens is 236 g/mol. The van der Waals surface area contributed by atoms with Gasteiger partial charge in [0, 0.05) is 44.5 Å². The molecule has 4 nitrogen and oxygen atoms in total. The van der Waals surface area contributed by atoms with Gasteiger partial charge in [-0.1, -0.05) is 0 Å². The van der Waals surface area contributed by atoms with Crippen LogP contribution in [0.2, 0.25) is 0 Å². The van der Waals surface area contributed by atoms with Crippen molar-refractivity contribution in [2.45, 2.75) is 39.8 Å². The molecular formula is C15H26N4. The van der Waals surface area contributed by atoms with Crippen LogP contribution in [0.25, 0.3) is 0 Å². The van der Waals surface area contributed by atoms with E-state index in [1.54, 1.807) is 0 Å². The Morgan fingerprint density at radius 3 is 2.32 bits per heavy atom. The fraction of sp³-hybridized carbons (Fsp3) is 0.667. The Morgan fingerprint density at radius 1 is 1.21 bits per heavy atom. The van der Waals surface area contributed by atoms with Gasteiger partial charge < -0.3 is 10.6 Å². The quantitative estimate of drug-likeness (QED) is 0.882. The maximum atomic E-state index is 5.65. The summed E-state index contributed by atoms with van der Waals surface area (Å²) < 4.78 is 0. The summed E-state index contributed by atoms with van der Waals surface area (Å²) in [6.45, 7) is 13.8. The zero-order valence-corrected chi connectivity index (χ0v) is 12.6. The van der Waals surface area contributed by atoms with Crippen molar-refractivity contribution in [3.8, 4) is 0 Å². The lowest BCUT2D eigenvalue weighted by atomic mass is 10.0. The molecule has 106 valence electrons. The summed E-state index contributed by atoms with van der Waals surface area (Å²) in [4.78, 5) is 9.51. The maximum Gasteiger partial charge on any atom is 0.131 e. The molecule has 0 amide bonds. The van der Waals surface area contributed by atoms with Gasteiger partial charge in [-0.15, -0.1) is 0 Å². The standard InChI is InChI=1S/C15H26N4/c1-12-9-13(10-16)11-17-14(12)18-5-7-19(8-6-18)15(2,3)4/h9,11H,5-8,10,16H2,1-4H3. The van der Waals surface area contributed by atoms with Crippen LogP contribution in [-0.4, -0.2) is 41.6 Å². The number of hydrogen-bond donors (Lipinski definition) is 1. The second-order valence-electron chi connectivity index (χ2n) is 6.33. The summed E-state index contributed by atoms with van der Waals surface area (Å²) in [6, 6.07) is 2.15. The van der Waals surface area contributed by atoms with Gasteiger partial charge in [0.15, 0.2) is 0 Å². The lowest BCUT2D eigenvalue weighted by molar-refractivity contribution is 0.128. The molecule has 0 radical (unpaired) electrons. The molecule has 0 saturated carbocycles. The van der Waals surface area contributed by atoms with E-state index in [9.17, 15) is 0 Å². The lowest BCUT2D eigenvalue weighted by Crippen LogP contribution is -2.53. The molecule has 1 fully saturated rings. The summed E-state index contributed by atoms with van der Waals surface area (Å²) in [7, 11) is 0. The fourth-order valence-corrected chi connectivity index (χ4v) is 2.66. The van der Waals surface area contributed by atoms with Crippen LogP contribution in [0.15, 0.2) is 12.3 Å². The van der Waals surface area contributed by atoms with E-state index in [0.717, 1.165) is 37.6 Å². The average molecular weight is 262 g/mol. The van der Waals surface area contributed by atoms with Crippen molar-refractivity contribution in [3.05, 3.63) is 23.4 Å². The van der Waals surface area contributed by atoms with E-state index in [-0.39, 0.29) is 5.54 Å². The largest absolute Gasteiger partial charge is 0.354 e. The minimum Gasteiger partial charge on any atom is -0.354 e. The van der Waals surface area contributed by atoms with E-state index in [0.29, 0.717) is 6.54 Å². The number of anilines is 1. The molecule has 0 spiro atoms. The Balaban J connectivity index is 2.06. The number of aryl methyl sites for hydroxylation is 1. The molecule has 0 unspecified atom stereocenters. The van der Waals surface area contributed by atoms with Crippen LogP contribution in [0.5, 0.6) is 0 Å². The maximum absolute atomic E-state index is 5.65. The Hall–Kier alpha value is -1.13. The number of piperazine rings is 1. The molecule has 19 heavy (non-hydrogen) atoms. The van der Waals surface area contributed by atoms with Crippen LogP contribution in [0, 0.1) is 6.92 Å².